The average molecular weight is 347 g/mol. The van der Waals surface area contributed by atoms with E-state index >= 15 is 0 Å². The van der Waals surface area contributed by atoms with Crippen LogP contribution in [0.15, 0.2) is 29.1 Å². The highest BCUT2D eigenvalue weighted by molar-refractivity contribution is 7.07. The number of hydrogen-bond donors (Lipinski definition) is 0. The number of carbonyl (C=O) groups excluding carboxylic acids is 2. The molecule has 0 aliphatic heterocycles. The number of ether oxygens (including phenoxy) is 2. The summed E-state index contributed by atoms with van der Waals surface area (Å²) in [6, 6.07) is 7.19. The highest BCUT2D eigenvalue weighted by atomic mass is 32.1. The van der Waals surface area contributed by atoms with Crippen LogP contribution < -0.4 is 19.5 Å². The summed E-state index contributed by atoms with van der Waals surface area (Å²) in [5.74, 6) is -0.0221. The van der Waals surface area contributed by atoms with Gasteiger partial charge in [0.1, 0.15) is 16.0 Å². The fourth-order valence-corrected chi connectivity index (χ4v) is 3.14. The number of nitrogens with zero attached hydrogens (tertiary/aromatic N) is 1. The van der Waals surface area contributed by atoms with Crippen LogP contribution in [0.3, 0.4) is 0 Å². The molecule has 1 aromatic heterocycles. The van der Waals surface area contributed by atoms with Gasteiger partial charge in [0.25, 0.3) is 5.56 Å². The van der Waals surface area contributed by atoms with Gasteiger partial charge in [0.05, 0.1) is 18.2 Å². The molecule has 7 heteroatoms. The van der Waals surface area contributed by atoms with E-state index in [0.29, 0.717) is 16.6 Å². The molecule has 24 heavy (non-hydrogen) atoms. The lowest BCUT2D eigenvalue weighted by atomic mass is 10.2. The lowest BCUT2D eigenvalue weighted by Gasteiger charge is -1.99. The Morgan fingerprint density at radius 1 is 1.29 bits per heavy atom. The predicted molar refractivity (Wildman–Crippen MR) is 91.5 cm³/mol. The summed E-state index contributed by atoms with van der Waals surface area (Å²) in [6.07, 6.45) is 2.12. The van der Waals surface area contributed by atoms with Crippen LogP contribution in [0.1, 0.15) is 12.5 Å². The van der Waals surface area contributed by atoms with Crippen LogP contribution in [-0.2, 0) is 21.4 Å². The van der Waals surface area contributed by atoms with Crippen molar-refractivity contribution in [3.63, 3.8) is 0 Å². The molecule has 0 radical (unpaired) electrons. The van der Waals surface area contributed by atoms with Gasteiger partial charge in [-0.25, -0.2) is 4.79 Å². The van der Waals surface area contributed by atoms with E-state index in [1.807, 2.05) is 12.1 Å². The normalized spacial score (nSPS) is 12.7. The molecule has 2 aromatic rings. The molecule has 0 bridgehead atoms. The van der Waals surface area contributed by atoms with Crippen molar-refractivity contribution >= 4 is 35.2 Å². The van der Waals surface area contributed by atoms with E-state index in [4.69, 9.17) is 9.47 Å². The Balaban J connectivity index is 2.62. The quantitative estimate of drug-likeness (QED) is 0.439. The van der Waals surface area contributed by atoms with Gasteiger partial charge in [-0.2, -0.15) is 0 Å². The van der Waals surface area contributed by atoms with Gasteiger partial charge in [-0.1, -0.05) is 12.1 Å². The van der Waals surface area contributed by atoms with E-state index in [1.54, 1.807) is 32.2 Å². The second kappa shape index (κ2) is 7.74. The molecule has 0 fully saturated rings. The third-order valence-electron chi connectivity index (χ3n) is 3.28. The van der Waals surface area contributed by atoms with E-state index in [2.05, 4.69) is 0 Å². The summed E-state index contributed by atoms with van der Waals surface area (Å²) in [5, 5.41) is 0. The largest absolute Gasteiger partial charge is 0.497 e. The Morgan fingerprint density at radius 3 is 2.50 bits per heavy atom. The second-order valence-electron chi connectivity index (χ2n) is 4.81. The second-order valence-corrected chi connectivity index (χ2v) is 5.84. The number of aromatic nitrogens is 1. The maximum absolute atomic E-state index is 12.4. The van der Waals surface area contributed by atoms with E-state index in [0.717, 1.165) is 16.9 Å². The van der Waals surface area contributed by atoms with Crippen LogP contribution in [0.2, 0.25) is 0 Å². The molecule has 0 spiro atoms. The van der Waals surface area contributed by atoms with Gasteiger partial charge in [-0.15, -0.1) is 11.3 Å². The molecule has 6 nitrogen and oxygen atoms in total. The Hall–Kier alpha value is -2.67. The SMILES string of the molecule is CCOC(=O)/C(C=O)=c1/s/c(=C\c2ccc(OC)cc2)c(=O)n1C. The number of benzene rings is 1. The minimum Gasteiger partial charge on any atom is -0.497 e. The number of aldehydes is 1. The Bertz CT molecular complexity index is 921. The Morgan fingerprint density at radius 2 is 1.96 bits per heavy atom. The first-order valence-electron chi connectivity index (χ1n) is 7.20. The maximum Gasteiger partial charge on any atom is 0.344 e. The van der Waals surface area contributed by atoms with Crippen molar-refractivity contribution in [2.45, 2.75) is 6.92 Å². The summed E-state index contributed by atoms with van der Waals surface area (Å²) < 4.78 is 11.9. The smallest absolute Gasteiger partial charge is 0.344 e. The number of methoxy groups -OCH3 is 1. The molecule has 0 unspecified atom stereocenters. The Labute approximate surface area is 142 Å². The molecule has 1 aromatic carbocycles. The lowest BCUT2D eigenvalue weighted by molar-refractivity contribution is -0.136. The molecule has 0 N–H and O–H groups in total. The van der Waals surface area contributed by atoms with Crippen molar-refractivity contribution < 1.29 is 19.1 Å². The van der Waals surface area contributed by atoms with E-state index in [9.17, 15) is 14.4 Å². The number of carbonyl (C=O) groups is 2. The van der Waals surface area contributed by atoms with Crippen LogP contribution in [0, 0.1) is 0 Å². The predicted octanol–water partition coefficient (Wildman–Crippen LogP) is 0.197. The molecule has 0 amide bonds. The molecule has 0 atom stereocenters. The summed E-state index contributed by atoms with van der Waals surface area (Å²) in [7, 11) is 3.09. The molecule has 0 saturated carbocycles. The highest BCUT2D eigenvalue weighted by Crippen LogP contribution is 2.11. The molecule has 0 aliphatic carbocycles. The third-order valence-corrected chi connectivity index (χ3v) is 4.48. The molecular weight excluding hydrogens is 330 g/mol. The number of thiazole rings is 1. The van der Waals surface area contributed by atoms with Gasteiger partial charge in [0.15, 0.2) is 6.29 Å². The summed E-state index contributed by atoms with van der Waals surface area (Å²) >= 11 is 1.07. The van der Waals surface area contributed by atoms with Crippen molar-refractivity contribution in [2.75, 3.05) is 13.7 Å². The number of rotatable bonds is 5. The maximum atomic E-state index is 12.4. The van der Waals surface area contributed by atoms with Crippen molar-refractivity contribution in [2.24, 2.45) is 7.05 Å². The number of esters is 1. The van der Waals surface area contributed by atoms with Crippen molar-refractivity contribution in [3.05, 3.63) is 49.4 Å². The molecule has 2 rings (SSSR count). The van der Waals surface area contributed by atoms with Gasteiger partial charge in [-0.3, -0.25) is 9.59 Å². The molecule has 0 aliphatic rings. The zero-order valence-corrected chi connectivity index (χ0v) is 14.4. The van der Waals surface area contributed by atoms with Gasteiger partial charge < -0.3 is 14.0 Å². The van der Waals surface area contributed by atoms with E-state index in [-0.39, 0.29) is 22.4 Å². The fraction of sp³-hybridized carbons (Fsp3) is 0.235. The van der Waals surface area contributed by atoms with Crippen LogP contribution >= 0.6 is 11.3 Å². The standard InChI is InChI=1S/C17H17NO5S/c1-4-23-17(21)13(10-19)16-18(2)15(20)14(24-16)9-11-5-7-12(22-3)8-6-11/h5-10H,4H2,1-3H3/b14-9-,16-13+. The summed E-state index contributed by atoms with van der Waals surface area (Å²) in [4.78, 5) is 35.5. The topological polar surface area (TPSA) is 74.6 Å². The minimum atomic E-state index is -0.736. The number of hydrogen-bond acceptors (Lipinski definition) is 6. The molecule has 126 valence electrons. The Kier molecular flexibility index (Phi) is 5.70. The zero-order chi connectivity index (χ0) is 17.7. The van der Waals surface area contributed by atoms with Gasteiger partial charge in [-0.05, 0) is 30.7 Å². The van der Waals surface area contributed by atoms with Gasteiger partial charge in [0.2, 0.25) is 0 Å². The lowest BCUT2D eigenvalue weighted by Crippen LogP contribution is -2.31. The van der Waals surface area contributed by atoms with Crippen LogP contribution in [-0.4, -0.2) is 30.5 Å². The minimum absolute atomic E-state index is 0.153. The first-order chi connectivity index (χ1) is 11.5. The van der Waals surface area contributed by atoms with E-state index in [1.165, 1.54) is 11.6 Å². The first-order valence-corrected chi connectivity index (χ1v) is 8.01. The third kappa shape index (κ3) is 3.62. The van der Waals surface area contributed by atoms with E-state index < -0.39 is 5.97 Å². The fourth-order valence-electron chi connectivity index (χ4n) is 2.05. The van der Waals surface area contributed by atoms with Crippen LogP contribution in [0.5, 0.6) is 5.75 Å². The first kappa shape index (κ1) is 17.7. The van der Waals surface area contributed by atoms with Gasteiger partial charge in [0, 0.05) is 7.05 Å². The summed E-state index contributed by atoms with van der Waals surface area (Å²) in [6.45, 7) is 1.80. The average Bonchev–Trinajstić information content (AvgIpc) is 2.85. The van der Waals surface area contributed by atoms with Crippen LogP contribution in [0.25, 0.3) is 11.6 Å². The summed E-state index contributed by atoms with van der Waals surface area (Å²) in [5.41, 5.74) is 0.371. The van der Waals surface area contributed by atoms with Crippen molar-refractivity contribution in [3.8, 4) is 5.75 Å². The van der Waals surface area contributed by atoms with Gasteiger partial charge >= 0.3 is 5.97 Å². The van der Waals surface area contributed by atoms with Crippen molar-refractivity contribution in [1.82, 2.24) is 4.57 Å². The molecule has 0 saturated heterocycles. The highest BCUT2D eigenvalue weighted by Gasteiger charge is 2.14. The van der Waals surface area contributed by atoms with Crippen molar-refractivity contribution in [1.29, 1.82) is 0 Å². The monoisotopic (exact) mass is 347 g/mol. The molecule has 1 heterocycles. The van der Waals surface area contributed by atoms with Crippen LogP contribution in [0.4, 0.5) is 0 Å². The molecular formula is C17H17NO5S. The zero-order valence-electron chi connectivity index (χ0n) is 13.6.